The largest absolute Gasteiger partial charge is 0.469 e. The summed E-state index contributed by atoms with van der Waals surface area (Å²) in [6.45, 7) is 9.66. The number of ether oxygens (including phenoxy) is 2. The Morgan fingerprint density at radius 1 is 0.780 bits per heavy atom. The van der Waals surface area contributed by atoms with Crippen molar-refractivity contribution in [2.45, 2.75) is 104 Å². The number of carbonyl (C=O) groups excluding carboxylic acids is 2. The lowest BCUT2D eigenvalue weighted by atomic mass is 9.42. The third-order valence-corrected chi connectivity index (χ3v) is 14.8. The van der Waals surface area contributed by atoms with Gasteiger partial charge in [0, 0.05) is 18.3 Å². The molecule has 0 saturated heterocycles. The highest BCUT2D eigenvalue weighted by Gasteiger charge is 2.65. The first-order chi connectivity index (χ1) is 24.2. The van der Waals surface area contributed by atoms with Crippen LogP contribution in [0.15, 0.2) is 91.0 Å². The zero-order valence-corrected chi connectivity index (χ0v) is 31.0. The van der Waals surface area contributed by atoms with Crippen molar-refractivity contribution in [2.24, 2.45) is 52.3 Å². The molecule has 4 aliphatic rings. The normalized spacial score (nSPS) is 34.3. The van der Waals surface area contributed by atoms with Crippen molar-refractivity contribution in [3.63, 3.8) is 0 Å². The van der Waals surface area contributed by atoms with Gasteiger partial charge in [0.1, 0.15) is 11.4 Å². The minimum atomic E-state index is -0.749. The monoisotopic (exact) mass is 674 g/mol. The quantitative estimate of drug-likeness (QED) is 0.159. The molecular formula is C46H58O4. The first-order valence-electron chi connectivity index (χ1n) is 19.6. The Morgan fingerprint density at radius 2 is 1.32 bits per heavy atom. The molecule has 4 heteroatoms. The van der Waals surface area contributed by atoms with Crippen molar-refractivity contribution in [2.75, 3.05) is 7.11 Å². The van der Waals surface area contributed by atoms with Crippen molar-refractivity contribution in [1.82, 2.24) is 0 Å². The number of rotatable bonds is 10. The molecule has 0 bridgehead atoms. The van der Waals surface area contributed by atoms with Gasteiger partial charge in [0.15, 0.2) is 0 Å². The summed E-state index contributed by atoms with van der Waals surface area (Å²) in [5.74, 6) is 2.90. The zero-order valence-electron chi connectivity index (χ0n) is 31.0. The second-order valence-electron chi connectivity index (χ2n) is 16.9. The molecular weight excluding hydrogens is 617 g/mol. The zero-order chi connectivity index (χ0) is 35.1. The Morgan fingerprint density at radius 3 is 1.86 bits per heavy atom. The minimum Gasteiger partial charge on any atom is -0.469 e. The fraction of sp³-hybridized carbons (Fsp3) is 0.565. The van der Waals surface area contributed by atoms with E-state index in [1.54, 1.807) is 0 Å². The molecule has 4 fully saturated rings. The molecule has 50 heavy (non-hydrogen) atoms. The molecule has 4 nitrogen and oxygen atoms in total. The van der Waals surface area contributed by atoms with E-state index in [1.807, 2.05) is 0 Å². The molecule has 3 aromatic carbocycles. The van der Waals surface area contributed by atoms with E-state index in [4.69, 9.17) is 9.47 Å². The van der Waals surface area contributed by atoms with Gasteiger partial charge in [-0.1, -0.05) is 119 Å². The summed E-state index contributed by atoms with van der Waals surface area (Å²) >= 11 is 0. The number of hydrogen-bond donors (Lipinski definition) is 0. The fourth-order valence-electron chi connectivity index (χ4n) is 12.3. The third-order valence-electron chi connectivity index (χ3n) is 14.8. The van der Waals surface area contributed by atoms with Crippen LogP contribution in [-0.4, -0.2) is 25.0 Å². The molecule has 0 amide bonds. The molecule has 10 atom stereocenters. The fourth-order valence-corrected chi connectivity index (χ4v) is 12.3. The highest BCUT2D eigenvalue weighted by atomic mass is 16.5. The minimum absolute atomic E-state index is 0.0347. The van der Waals surface area contributed by atoms with Crippen LogP contribution < -0.4 is 0 Å². The Labute approximate surface area is 300 Å². The van der Waals surface area contributed by atoms with Gasteiger partial charge in [-0.15, -0.1) is 0 Å². The molecule has 0 radical (unpaired) electrons. The predicted octanol–water partition coefficient (Wildman–Crippen LogP) is 10.4. The number of methoxy groups -OCH3 is 1. The van der Waals surface area contributed by atoms with E-state index in [2.05, 4.69) is 119 Å². The smallest absolute Gasteiger partial charge is 0.305 e. The Bertz CT molecular complexity index is 1520. The van der Waals surface area contributed by atoms with E-state index in [0.717, 1.165) is 61.6 Å². The Kier molecular flexibility index (Phi) is 9.89. The lowest BCUT2D eigenvalue weighted by Gasteiger charge is -2.62. The van der Waals surface area contributed by atoms with Crippen LogP contribution in [0.25, 0.3) is 0 Å². The second kappa shape index (κ2) is 14.1. The van der Waals surface area contributed by atoms with E-state index in [9.17, 15) is 9.59 Å². The summed E-state index contributed by atoms with van der Waals surface area (Å²) in [7, 11) is 1.49. The number of esters is 1. The molecule has 0 unspecified atom stereocenters. The van der Waals surface area contributed by atoms with Crippen molar-refractivity contribution in [1.29, 1.82) is 0 Å². The summed E-state index contributed by atoms with van der Waals surface area (Å²) < 4.78 is 12.6. The summed E-state index contributed by atoms with van der Waals surface area (Å²) in [5, 5.41) is 0. The van der Waals surface area contributed by atoms with Crippen molar-refractivity contribution in [3.05, 3.63) is 108 Å². The average molecular weight is 675 g/mol. The summed E-state index contributed by atoms with van der Waals surface area (Å²) in [5.41, 5.74) is 2.96. The van der Waals surface area contributed by atoms with Gasteiger partial charge in [0.25, 0.3) is 0 Å². The lowest BCUT2D eigenvalue weighted by Crippen LogP contribution is -2.61. The standard InChI is InChI=1S/C46H58O4/c1-6-36-40-30-35(50-46(32-16-10-7-11-17-32,33-18-12-8-13-19-33)34-20-14-9-15-21-34)26-28-45(40,4)39-27-29-44(3)37(31(2)22-25-41(47)49-5)23-24-38(44)42(39)43(36)48/h7-21,31,35-40,42H,6,22-30H2,1-5H3/t31-,35-,36-,37-,38+,39+,40+,42+,44-,45-/m1/s1. The van der Waals surface area contributed by atoms with Gasteiger partial charge in [-0.3, -0.25) is 9.59 Å². The molecule has 0 N–H and O–H groups in total. The van der Waals surface area contributed by atoms with Crippen molar-refractivity contribution < 1.29 is 19.1 Å². The molecule has 0 heterocycles. The number of fused-ring (bicyclic) bond motifs is 5. The maximum absolute atomic E-state index is 15.0. The number of ketones is 1. The highest BCUT2D eigenvalue weighted by molar-refractivity contribution is 5.86. The third kappa shape index (κ3) is 5.78. The molecule has 266 valence electrons. The van der Waals surface area contributed by atoms with Crippen molar-refractivity contribution in [3.8, 4) is 0 Å². The van der Waals surface area contributed by atoms with Crippen LogP contribution in [0, 0.1) is 52.3 Å². The molecule has 4 saturated carbocycles. The van der Waals surface area contributed by atoms with Gasteiger partial charge in [0.05, 0.1) is 13.2 Å². The van der Waals surface area contributed by atoms with E-state index in [-0.39, 0.29) is 34.7 Å². The van der Waals surface area contributed by atoms with Gasteiger partial charge in [-0.05, 0) is 115 Å². The van der Waals surface area contributed by atoms with Gasteiger partial charge in [0.2, 0.25) is 0 Å². The van der Waals surface area contributed by atoms with Gasteiger partial charge in [-0.25, -0.2) is 0 Å². The van der Waals surface area contributed by atoms with Gasteiger partial charge < -0.3 is 9.47 Å². The number of carbonyl (C=O) groups is 2. The number of benzene rings is 3. The molecule has 0 aromatic heterocycles. The summed E-state index contributed by atoms with van der Waals surface area (Å²) in [6, 6.07) is 32.2. The van der Waals surface area contributed by atoms with E-state index in [0.29, 0.717) is 41.8 Å². The van der Waals surface area contributed by atoms with Crippen LogP contribution in [0.4, 0.5) is 0 Å². The van der Waals surface area contributed by atoms with Crippen LogP contribution in [0.1, 0.15) is 109 Å². The van der Waals surface area contributed by atoms with Gasteiger partial charge in [-0.2, -0.15) is 0 Å². The SMILES string of the molecule is CC[C@H]1C(=O)[C@@H]2[C@H](CC[C@]3(C)[C@@H]([C@H](C)CCC(=O)OC)CC[C@@H]23)[C@@]2(C)CC[C@@H](OC(c3ccccc3)(c3ccccc3)c3ccccc3)C[C@@H]12. The highest BCUT2D eigenvalue weighted by Crippen LogP contribution is 2.69. The first-order valence-corrected chi connectivity index (χ1v) is 19.6. The maximum Gasteiger partial charge on any atom is 0.305 e. The lowest BCUT2D eigenvalue weighted by molar-refractivity contribution is -0.181. The van der Waals surface area contributed by atoms with E-state index >= 15 is 0 Å². The van der Waals surface area contributed by atoms with Crippen LogP contribution in [0.5, 0.6) is 0 Å². The van der Waals surface area contributed by atoms with Gasteiger partial charge >= 0.3 is 5.97 Å². The van der Waals surface area contributed by atoms with Crippen LogP contribution in [-0.2, 0) is 24.7 Å². The van der Waals surface area contributed by atoms with E-state index < -0.39 is 5.60 Å². The van der Waals surface area contributed by atoms with E-state index in [1.165, 1.54) is 20.0 Å². The molecule has 0 spiro atoms. The van der Waals surface area contributed by atoms with Crippen molar-refractivity contribution >= 4 is 11.8 Å². The maximum atomic E-state index is 15.0. The van der Waals surface area contributed by atoms with Crippen LogP contribution >= 0.6 is 0 Å². The average Bonchev–Trinajstić information content (AvgIpc) is 3.51. The number of Topliss-reactive ketones (excluding diaryl/α,β-unsaturated/α-hetero) is 1. The molecule has 7 rings (SSSR count). The summed E-state index contributed by atoms with van der Waals surface area (Å²) in [6.07, 6.45) is 9.98. The molecule has 4 aliphatic carbocycles. The Hall–Kier alpha value is -3.24. The summed E-state index contributed by atoms with van der Waals surface area (Å²) in [4.78, 5) is 27.0. The topological polar surface area (TPSA) is 52.6 Å². The van der Waals surface area contributed by atoms with Crippen LogP contribution in [0.2, 0.25) is 0 Å². The van der Waals surface area contributed by atoms with Crippen LogP contribution in [0.3, 0.4) is 0 Å². The molecule has 3 aromatic rings. The second-order valence-corrected chi connectivity index (χ2v) is 16.9. The molecule has 0 aliphatic heterocycles. The Balaban J connectivity index is 1.19. The first kappa shape index (κ1) is 35.2. The predicted molar refractivity (Wildman–Crippen MR) is 199 cm³/mol. The number of hydrogen-bond acceptors (Lipinski definition) is 4.